The fourth-order valence-corrected chi connectivity index (χ4v) is 3.32. The van der Waals surface area contributed by atoms with Gasteiger partial charge in [0, 0.05) is 18.3 Å². The van der Waals surface area contributed by atoms with Crippen molar-refractivity contribution in [1.29, 1.82) is 0 Å². The fourth-order valence-electron chi connectivity index (χ4n) is 2.61. The Morgan fingerprint density at radius 1 is 1.29 bits per heavy atom. The first kappa shape index (κ1) is 16.4. The molecule has 1 saturated heterocycles. The summed E-state index contributed by atoms with van der Waals surface area (Å²) in [4.78, 5) is 18.9. The van der Waals surface area contributed by atoms with E-state index in [9.17, 15) is 4.79 Å². The summed E-state index contributed by atoms with van der Waals surface area (Å²) in [6.45, 7) is 9.45. The highest BCUT2D eigenvalue weighted by molar-refractivity contribution is 7.13. The number of thiazole rings is 1. The average molecular weight is 309 g/mol. The Morgan fingerprint density at radius 3 is 2.57 bits per heavy atom. The van der Waals surface area contributed by atoms with E-state index in [0.29, 0.717) is 6.42 Å². The number of nitrogens with zero attached hydrogens (tertiary/aromatic N) is 2. The predicted molar refractivity (Wildman–Crippen MR) is 88.6 cm³/mol. The van der Waals surface area contributed by atoms with Gasteiger partial charge in [-0.05, 0) is 31.3 Å². The molecule has 1 amide bonds. The summed E-state index contributed by atoms with van der Waals surface area (Å²) in [5.74, 6) is 0.0539. The largest absolute Gasteiger partial charge is 0.302 e. The van der Waals surface area contributed by atoms with Crippen molar-refractivity contribution >= 4 is 22.4 Å². The molecular weight excluding hydrogens is 282 g/mol. The molecule has 1 fully saturated rings. The minimum absolute atomic E-state index is 0.0101. The van der Waals surface area contributed by atoms with Gasteiger partial charge in [-0.15, -0.1) is 11.3 Å². The number of amides is 1. The van der Waals surface area contributed by atoms with Crippen LogP contribution in [0.15, 0.2) is 5.38 Å². The number of nitrogens with one attached hydrogen (secondary N) is 1. The van der Waals surface area contributed by atoms with E-state index in [1.165, 1.54) is 50.1 Å². The van der Waals surface area contributed by atoms with Gasteiger partial charge in [-0.25, -0.2) is 4.98 Å². The zero-order valence-electron chi connectivity index (χ0n) is 13.4. The molecule has 21 heavy (non-hydrogen) atoms. The van der Waals surface area contributed by atoms with Gasteiger partial charge in [0.1, 0.15) is 0 Å². The van der Waals surface area contributed by atoms with Crippen molar-refractivity contribution in [3.8, 4) is 0 Å². The van der Waals surface area contributed by atoms with Gasteiger partial charge < -0.3 is 5.32 Å². The second-order valence-electron chi connectivity index (χ2n) is 7.12. The first-order valence-electron chi connectivity index (χ1n) is 7.89. The number of likely N-dealkylation sites (tertiary alicyclic amines) is 1. The van der Waals surface area contributed by atoms with Crippen LogP contribution in [0.1, 0.15) is 58.6 Å². The Kier molecular flexibility index (Phi) is 5.76. The molecular formula is C16H27N3OS. The lowest BCUT2D eigenvalue weighted by molar-refractivity contribution is -0.117. The summed E-state index contributed by atoms with van der Waals surface area (Å²) in [5.41, 5.74) is 1.09. The molecule has 1 aliphatic rings. The van der Waals surface area contributed by atoms with Crippen LogP contribution in [0.2, 0.25) is 0 Å². The summed E-state index contributed by atoms with van der Waals surface area (Å²) in [7, 11) is 0. The highest BCUT2D eigenvalue weighted by Gasteiger charge is 2.17. The van der Waals surface area contributed by atoms with Gasteiger partial charge in [0.15, 0.2) is 5.13 Å². The van der Waals surface area contributed by atoms with Crippen LogP contribution in [0.25, 0.3) is 0 Å². The summed E-state index contributed by atoms with van der Waals surface area (Å²) in [6, 6.07) is 0. The minimum Gasteiger partial charge on any atom is -0.302 e. The Balaban J connectivity index is 1.84. The Morgan fingerprint density at radius 2 is 1.95 bits per heavy atom. The quantitative estimate of drug-likeness (QED) is 0.917. The zero-order chi connectivity index (χ0) is 15.3. The van der Waals surface area contributed by atoms with E-state index in [4.69, 9.17) is 0 Å². The second-order valence-corrected chi connectivity index (χ2v) is 7.98. The average Bonchev–Trinajstić information content (AvgIpc) is 2.62. The molecule has 0 aromatic carbocycles. The Hall–Kier alpha value is -0.940. The van der Waals surface area contributed by atoms with Gasteiger partial charge in [0.2, 0.25) is 5.91 Å². The molecule has 0 saturated carbocycles. The van der Waals surface area contributed by atoms with Crippen LogP contribution >= 0.6 is 11.3 Å². The number of carbonyl (C=O) groups is 1. The van der Waals surface area contributed by atoms with E-state index in [1.54, 1.807) is 0 Å². The standard InChI is InChI=1S/C16H27N3OS/c1-16(2,3)10-14(20)18-15-17-13(12-21-15)11-19-8-6-4-5-7-9-19/h12H,4-11H2,1-3H3,(H,17,18,20). The zero-order valence-corrected chi connectivity index (χ0v) is 14.3. The molecule has 1 N–H and O–H groups in total. The SMILES string of the molecule is CC(C)(C)CC(=O)Nc1nc(CN2CCCCCC2)cs1. The van der Waals surface area contributed by atoms with Crippen LogP contribution in [0.5, 0.6) is 0 Å². The highest BCUT2D eigenvalue weighted by atomic mass is 32.1. The molecule has 0 spiro atoms. The first-order valence-corrected chi connectivity index (χ1v) is 8.77. The van der Waals surface area contributed by atoms with E-state index < -0.39 is 0 Å². The third-order valence-corrected chi connectivity index (χ3v) is 4.38. The van der Waals surface area contributed by atoms with Gasteiger partial charge >= 0.3 is 0 Å². The maximum Gasteiger partial charge on any atom is 0.226 e. The Bertz CT molecular complexity index is 456. The molecule has 118 valence electrons. The van der Waals surface area contributed by atoms with Crippen LogP contribution < -0.4 is 5.32 Å². The van der Waals surface area contributed by atoms with Gasteiger partial charge in [0.25, 0.3) is 0 Å². The summed E-state index contributed by atoms with van der Waals surface area (Å²) < 4.78 is 0. The van der Waals surface area contributed by atoms with Gasteiger partial charge in [-0.2, -0.15) is 0 Å². The number of aromatic nitrogens is 1. The van der Waals surface area contributed by atoms with Crippen molar-refractivity contribution in [2.24, 2.45) is 5.41 Å². The summed E-state index contributed by atoms with van der Waals surface area (Å²) in [6.07, 6.45) is 5.80. The molecule has 1 aliphatic heterocycles. The maximum absolute atomic E-state index is 11.9. The maximum atomic E-state index is 11.9. The van der Waals surface area contributed by atoms with E-state index in [2.05, 4.69) is 41.4 Å². The first-order chi connectivity index (χ1) is 9.92. The van der Waals surface area contributed by atoms with Crippen LogP contribution in [0.4, 0.5) is 5.13 Å². The normalized spacial score (nSPS) is 17.5. The van der Waals surface area contributed by atoms with Crippen molar-refractivity contribution in [1.82, 2.24) is 9.88 Å². The minimum atomic E-state index is 0.0101. The van der Waals surface area contributed by atoms with Gasteiger partial charge in [-0.3, -0.25) is 9.69 Å². The smallest absolute Gasteiger partial charge is 0.226 e. The topological polar surface area (TPSA) is 45.2 Å². The summed E-state index contributed by atoms with van der Waals surface area (Å²) in [5, 5.41) is 5.72. The van der Waals surface area contributed by atoms with Gasteiger partial charge in [-0.1, -0.05) is 33.6 Å². The van der Waals surface area contributed by atoms with Crippen LogP contribution in [0, 0.1) is 5.41 Å². The highest BCUT2D eigenvalue weighted by Crippen LogP contribution is 2.22. The third kappa shape index (κ3) is 6.14. The molecule has 0 radical (unpaired) electrons. The number of carbonyl (C=O) groups excluding carboxylic acids is 1. The second kappa shape index (κ2) is 7.36. The van der Waals surface area contributed by atoms with Crippen molar-refractivity contribution in [2.45, 2.75) is 59.4 Å². The lowest BCUT2D eigenvalue weighted by Crippen LogP contribution is -2.24. The molecule has 5 heteroatoms. The van der Waals surface area contributed by atoms with E-state index in [0.717, 1.165) is 17.4 Å². The number of anilines is 1. The van der Waals surface area contributed by atoms with E-state index in [-0.39, 0.29) is 11.3 Å². The molecule has 1 aromatic rings. The molecule has 0 aliphatic carbocycles. The Labute approximate surface area is 132 Å². The van der Waals surface area contributed by atoms with Crippen molar-refractivity contribution in [2.75, 3.05) is 18.4 Å². The monoisotopic (exact) mass is 309 g/mol. The van der Waals surface area contributed by atoms with Crippen molar-refractivity contribution < 1.29 is 4.79 Å². The lowest BCUT2D eigenvalue weighted by Gasteiger charge is -2.18. The van der Waals surface area contributed by atoms with Crippen LogP contribution in [-0.2, 0) is 11.3 Å². The molecule has 0 bridgehead atoms. The molecule has 0 unspecified atom stereocenters. The van der Waals surface area contributed by atoms with Crippen molar-refractivity contribution in [3.63, 3.8) is 0 Å². The molecule has 1 aromatic heterocycles. The van der Waals surface area contributed by atoms with E-state index >= 15 is 0 Å². The van der Waals surface area contributed by atoms with Crippen LogP contribution in [0.3, 0.4) is 0 Å². The molecule has 0 atom stereocenters. The predicted octanol–water partition coefficient (Wildman–Crippen LogP) is 3.89. The third-order valence-electron chi connectivity index (χ3n) is 3.57. The van der Waals surface area contributed by atoms with Gasteiger partial charge in [0.05, 0.1) is 5.69 Å². The summed E-state index contributed by atoms with van der Waals surface area (Å²) >= 11 is 1.53. The molecule has 2 rings (SSSR count). The molecule has 4 nitrogen and oxygen atoms in total. The van der Waals surface area contributed by atoms with Crippen LogP contribution in [-0.4, -0.2) is 28.9 Å². The number of hydrogen-bond acceptors (Lipinski definition) is 4. The van der Waals surface area contributed by atoms with E-state index in [1.807, 2.05) is 0 Å². The molecule has 2 heterocycles. The number of rotatable bonds is 4. The number of hydrogen-bond donors (Lipinski definition) is 1. The lowest BCUT2D eigenvalue weighted by atomic mass is 9.92. The van der Waals surface area contributed by atoms with Crippen molar-refractivity contribution in [3.05, 3.63) is 11.1 Å². The fraction of sp³-hybridized carbons (Fsp3) is 0.750.